The van der Waals surface area contributed by atoms with E-state index in [0.29, 0.717) is 0 Å². The Morgan fingerprint density at radius 2 is 1.73 bits per heavy atom. The van der Waals surface area contributed by atoms with E-state index >= 15 is 0 Å². The van der Waals surface area contributed by atoms with Gasteiger partial charge in [0.25, 0.3) is 0 Å². The highest BCUT2D eigenvalue weighted by atomic mass is 31.2. The summed E-state index contributed by atoms with van der Waals surface area (Å²) in [5, 5.41) is 0. The van der Waals surface area contributed by atoms with Crippen LogP contribution in [0.15, 0.2) is 0 Å². The van der Waals surface area contributed by atoms with Crippen LogP contribution in [0.1, 0.15) is 13.8 Å². The Labute approximate surface area is 91.1 Å². The largest absolute Gasteiger partial charge is 0.501 e. The smallest absolute Gasteiger partial charge is 0.377 e. The van der Waals surface area contributed by atoms with E-state index in [1.165, 1.54) is 14.2 Å². The number of hydrogen-bond donors (Lipinski definition) is 2. The molecule has 0 aliphatic heterocycles. The van der Waals surface area contributed by atoms with Gasteiger partial charge in [0.1, 0.15) is 0 Å². The predicted molar refractivity (Wildman–Crippen MR) is 57.7 cm³/mol. The molecule has 0 heterocycles. The van der Waals surface area contributed by atoms with E-state index in [9.17, 15) is 4.57 Å². The van der Waals surface area contributed by atoms with Crippen molar-refractivity contribution >= 4 is 16.4 Å². The highest BCUT2D eigenvalue weighted by Gasteiger charge is 2.41. The molecule has 15 heavy (non-hydrogen) atoms. The third-order valence-electron chi connectivity index (χ3n) is 1.75. The predicted octanol–water partition coefficient (Wildman–Crippen LogP) is 0.821. The van der Waals surface area contributed by atoms with Crippen LogP contribution in [-0.4, -0.2) is 45.1 Å². The molecule has 0 rings (SSSR count). The van der Waals surface area contributed by atoms with Gasteiger partial charge >= 0.3 is 16.4 Å². The Bertz CT molecular complexity index is 224. The quantitative estimate of drug-likeness (QED) is 0.519. The number of hydrogen-bond acceptors (Lipinski definition) is 4. The fraction of sp³-hybridized carbons (Fsp3) is 1.00. The molecule has 0 radical (unpaired) electrons. The first-order valence-corrected chi connectivity index (χ1v) is 8.30. The summed E-state index contributed by atoms with van der Waals surface area (Å²) >= 11 is 0. The molecule has 0 saturated carbocycles. The van der Waals surface area contributed by atoms with Crippen molar-refractivity contribution in [2.24, 2.45) is 0 Å². The lowest BCUT2D eigenvalue weighted by Crippen LogP contribution is -2.46. The van der Waals surface area contributed by atoms with Crippen molar-refractivity contribution in [1.82, 2.24) is 0 Å². The maximum absolute atomic E-state index is 10.7. The molecule has 0 unspecified atom stereocenters. The molecule has 0 aromatic heterocycles. The van der Waals surface area contributed by atoms with Gasteiger partial charge in [-0.1, -0.05) is 0 Å². The van der Waals surface area contributed by atoms with Crippen LogP contribution in [0.4, 0.5) is 0 Å². The molecule has 2 N–H and O–H groups in total. The molecule has 8 heteroatoms. The van der Waals surface area contributed by atoms with E-state index in [-0.39, 0.29) is 18.3 Å². The van der Waals surface area contributed by atoms with Crippen molar-refractivity contribution in [2.75, 3.05) is 20.4 Å². The molecule has 0 saturated heterocycles. The molecule has 0 aromatic rings. The SMILES string of the molecule is CO[Si](CCP(=O)(O)O)(OC)OC(C)C. The lowest BCUT2D eigenvalue weighted by atomic mass is 10.5. The van der Waals surface area contributed by atoms with Crippen LogP contribution in [-0.2, 0) is 17.8 Å². The van der Waals surface area contributed by atoms with Crippen LogP contribution in [0, 0.1) is 0 Å². The molecule has 0 amide bonds. The first-order valence-electron chi connectivity index (χ1n) is 4.57. The second-order valence-corrected chi connectivity index (χ2v) is 8.09. The van der Waals surface area contributed by atoms with E-state index < -0.39 is 16.4 Å². The lowest BCUT2D eigenvalue weighted by molar-refractivity contribution is 0.0709. The van der Waals surface area contributed by atoms with Crippen molar-refractivity contribution in [2.45, 2.75) is 26.0 Å². The van der Waals surface area contributed by atoms with Crippen molar-refractivity contribution in [3.05, 3.63) is 0 Å². The van der Waals surface area contributed by atoms with Gasteiger partial charge in [0, 0.05) is 26.4 Å². The summed E-state index contributed by atoms with van der Waals surface area (Å²) in [7, 11) is -4.09. The van der Waals surface area contributed by atoms with Crippen molar-refractivity contribution in [3.63, 3.8) is 0 Å². The minimum atomic E-state index is -4.04. The maximum atomic E-state index is 10.7. The molecule has 92 valence electrons. The third kappa shape index (κ3) is 6.42. The molecular weight excluding hydrogens is 239 g/mol. The molecule has 0 bridgehead atoms. The summed E-state index contributed by atoms with van der Waals surface area (Å²) < 4.78 is 26.5. The van der Waals surface area contributed by atoms with Gasteiger partial charge in [-0.05, 0) is 13.8 Å². The molecule has 0 spiro atoms. The van der Waals surface area contributed by atoms with Gasteiger partial charge in [0.15, 0.2) is 0 Å². The van der Waals surface area contributed by atoms with Crippen molar-refractivity contribution < 1.29 is 27.6 Å². The van der Waals surface area contributed by atoms with E-state index in [4.69, 9.17) is 23.1 Å². The van der Waals surface area contributed by atoms with Gasteiger partial charge in [0.2, 0.25) is 0 Å². The van der Waals surface area contributed by atoms with Gasteiger partial charge in [-0.15, -0.1) is 0 Å². The Morgan fingerprint density at radius 3 is 2.00 bits per heavy atom. The summed E-state index contributed by atoms with van der Waals surface area (Å²) in [6.07, 6.45) is -0.387. The van der Waals surface area contributed by atoms with E-state index in [2.05, 4.69) is 0 Å². The zero-order valence-corrected chi connectivity index (χ0v) is 11.4. The first kappa shape index (κ1) is 15.2. The van der Waals surface area contributed by atoms with Crippen LogP contribution in [0.3, 0.4) is 0 Å². The van der Waals surface area contributed by atoms with Crippen LogP contribution < -0.4 is 0 Å². The summed E-state index contributed by atoms with van der Waals surface area (Å²) in [4.78, 5) is 17.5. The zero-order valence-electron chi connectivity index (χ0n) is 9.47. The van der Waals surface area contributed by atoms with Gasteiger partial charge < -0.3 is 23.1 Å². The summed E-state index contributed by atoms with van der Waals surface area (Å²) in [6.45, 7) is 3.63. The number of rotatable bonds is 7. The Morgan fingerprint density at radius 1 is 1.27 bits per heavy atom. The van der Waals surface area contributed by atoms with Crippen LogP contribution in [0.25, 0.3) is 0 Å². The average Bonchev–Trinajstić information content (AvgIpc) is 2.10. The molecule has 0 atom stereocenters. The van der Waals surface area contributed by atoms with E-state index in [0.717, 1.165) is 0 Å². The fourth-order valence-corrected chi connectivity index (χ4v) is 4.95. The van der Waals surface area contributed by atoms with E-state index in [1.807, 2.05) is 13.8 Å². The van der Waals surface area contributed by atoms with Crippen molar-refractivity contribution in [1.29, 1.82) is 0 Å². The zero-order chi connectivity index (χ0) is 12.1. The van der Waals surface area contributed by atoms with Gasteiger partial charge in [-0.3, -0.25) is 4.57 Å². The summed E-state index contributed by atoms with van der Waals surface area (Å²) in [5.74, 6) is 0. The third-order valence-corrected chi connectivity index (χ3v) is 5.91. The van der Waals surface area contributed by atoms with Crippen LogP contribution in [0.2, 0.25) is 6.04 Å². The molecule has 0 aliphatic carbocycles. The van der Waals surface area contributed by atoms with Crippen LogP contribution >= 0.6 is 7.60 Å². The molecule has 0 aliphatic rings. The van der Waals surface area contributed by atoms with Gasteiger partial charge in [-0.25, -0.2) is 0 Å². The lowest BCUT2D eigenvalue weighted by Gasteiger charge is -2.28. The van der Waals surface area contributed by atoms with Crippen molar-refractivity contribution in [3.8, 4) is 0 Å². The first-order chi connectivity index (χ1) is 6.74. The molecule has 6 nitrogen and oxygen atoms in total. The highest BCUT2D eigenvalue weighted by Crippen LogP contribution is 2.37. The maximum Gasteiger partial charge on any atom is 0.501 e. The minimum Gasteiger partial charge on any atom is -0.377 e. The highest BCUT2D eigenvalue weighted by molar-refractivity contribution is 7.51. The Balaban J connectivity index is 4.43. The standard InChI is InChI=1S/C7H19O6PSi/c1-7(2)13-15(11-3,12-4)6-5-14(8,9)10/h7H,5-6H2,1-4H3,(H2,8,9,10). The average molecular weight is 258 g/mol. The summed E-state index contributed by atoms with van der Waals surface area (Å²) in [5.41, 5.74) is 0. The van der Waals surface area contributed by atoms with E-state index in [1.54, 1.807) is 0 Å². The molecular formula is C7H19O6PSi. The Hall–Kier alpha value is 0.247. The summed E-state index contributed by atoms with van der Waals surface area (Å²) in [6, 6.07) is 0.114. The second kappa shape index (κ2) is 6.10. The van der Waals surface area contributed by atoms with Gasteiger partial charge in [0.05, 0.1) is 6.16 Å². The van der Waals surface area contributed by atoms with Gasteiger partial charge in [-0.2, -0.15) is 0 Å². The normalized spacial score (nSPS) is 13.5. The second-order valence-electron chi connectivity index (χ2n) is 3.40. The fourth-order valence-electron chi connectivity index (χ4n) is 1.08. The monoisotopic (exact) mass is 258 g/mol. The minimum absolute atomic E-state index is 0.103. The molecule has 0 fully saturated rings. The Kier molecular flexibility index (Phi) is 6.20. The van der Waals surface area contributed by atoms with Crippen LogP contribution in [0.5, 0.6) is 0 Å². The topological polar surface area (TPSA) is 85.2 Å². The molecule has 0 aromatic carbocycles.